The highest BCUT2D eigenvalue weighted by Crippen LogP contribution is 2.26. The number of carbonyl (C=O) groups is 1. The molecule has 0 unspecified atom stereocenters. The molecule has 0 aliphatic heterocycles. The van der Waals surface area contributed by atoms with Crippen molar-refractivity contribution < 1.29 is 9.21 Å². The maximum Gasteiger partial charge on any atom is 0.150 e. The third kappa shape index (κ3) is 1.64. The minimum atomic E-state index is 0.723. The normalized spacial score (nSPS) is 10.6. The highest BCUT2D eigenvalue weighted by molar-refractivity contribution is 5.99. The molecular weight excluding hydrogens is 212 g/mol. The number of aldehydes is 1. The predicted octanol–water partition coefficient (Wildman–Crippen LogP) is 3.91. The molecule has 0 saturated carbocycles. The van der Waals surface area contributed by atoms with Gasteiger partial charge < -0.3 is 4.42 Å². The molecule has 0 radical (unpaired) electrons. The maximum absolute atomic E-state index is 10.9. The van der Waals surface area contributed by atoms with Crippen molar-refractivity contribution in [3.63, 3.8) is 0 Å². The van der Waals surface area contributed by atoms with E-state index in [-0.39, 0.29) is 0 Å². The molecule has 0 bridgehead atoms. The summed E-state index contributed by atoms with van der Waals surface area (Å²) in [6.45, 7) is 0. The molecule has 17 heavy (non-hydrogen) atoms. The van der Waals surface area contributed by atoms with E-state index in [1.807, 2.05) is 36.4 Å². The van der Waals surface area contributed by atoms with Crippen LogP contribution in [0.2, 0.25) is 0 Å². The highest BCUT2D eigenvalue weighted by atomic mass is 16.3. The van der Waals surface area contributed by atoms with Crippen molar-refractivity contribution in [1.29, 1.82) is 0 Å². The number of fused-ring (bicyclic) bond motifs is 1. The van der Waals surface area contributed by atoms with Gasteiger partial charge in [0.15, 0.2) is 6.29 Å². The summed E-state index contributed by atoms with van der Waals surface area (Å²) >= 11 is 0. The molecule has 1 heterocycles. The lowest BCUT2D eigenvalue weighted by molar-refractivity contribution is 0.112. The zero-order valence-electron chi connectivity index (χ0n) is 9.09. The van der Waals surface area contributed by atoms with Crippen molar-refractivity contribution in [3.05, 3.63) is 60.6 Å². The molecule has 0 saturated heterocycles. The molecule has 1 aromatic heterocycles. The number of hydrogen-bond donors (Lipinski definition) is 0. The molecule has 2 heteroatoms. The Labute approximate surface area is 98.5 Å². The average Bonchev–Trinajstić information content (AvgIpc) is 2.91. The van der Waals surface area contributed by atoms with E-state index < -0.39 is 0 Å². The molecule has 82 valence electrons. The third-order valence-electron chi connectivity index (χ3n) is 2.90. The van der Waals surface area contributed by atoms with Crippen molar-refractivity contribution in [2.75, 3.05) is 0 Å². The van der Waals surface area contributed by atoms with Crippen LogP contribution in [0.3, 0.4) is 0 Å². The summed E-state index contributed by atoms with van der Waals surface area (Å²) in [7, 11) is 0. The number of carbonyl (C=O) groups excluding carboxylic acids is 1. The lowest BCUT2D eigenvalue weighted by Gasteiger charge is -2.03. The van der Waals surface area contributed by atoms with E-state index in [0.29, 0.717) is 0 Å². The summed E-state index contributed by atoms with van der Waals surface area (Å²) < 4.78 is 5.07. The Morgan fingerprint density at radius 2 is 1.94 bits per heavy atom. The Balaban J connectivity index is 2.24. The minimum Gasteiger partial charge on any atom is -0.472 e. The molecule has 0 atom stereocenters. The van der Waals surface area contributed by atoms with Gasteiger partial charge in [-0.05, 0) is 28.5 Å². The van der Waals surface area contributed by atoms with Crippen LogP contribution in [0.25, 0.3) is 21.9 Å². The first-order valence-electron chi connectivity index (χ1n) is 5.39. The number of hydrogen-bond acceptors (Lipinski definition) is 2. The van der Waals surface area contributed by atoms with Crippen molar-refractivity contribution in [1.82, 2.24) is 0 Å². The zero-order valence-corrected chi connectivity index (χ0v) is 9.09. The van der Waals surface area contributed by atoms with Crippen molar-refractivity contribution in [3.8, 4) is 11.1 Å². The van der Waals surface area contributed by atoms with Gasteiger partial charge in [-0.15, -0.1) is 0 Å². The van der Waals surface area contributed by atoms with E-state index in [2.05, 4.69) is 6.07 Å². The zero-order chi connectivity index (χ0) is 11.7. The molecule has 0 N–H and O–H groups in total. The summed E-state index contributed by atoms with van der Waals surface area (Å²) in [5.41, 5.74) is 2.86. The quantitative estimate of drug-likeness (QED) is 0.615. The van der Waals surface area contributed by atoms with Crippen molar-refractivity contribution in [2.24, 2.45) is 0 Å². The number of benzene rings is 2. The van der Waals surface area contributed by atoms with Crippen molar-refractivity contribution >= 4 is 17.1 Å². The van der Waals surface area contributed by atoms with Gasteiger partial charge in [0.2, 0.25) is 0 Å². The second-order valence-corrected chi connectivity index (χ2v) is 3.91. The Bertz CT molecular complexity index is 666. The summed E-state index contributed by atoms with van der Waals surface area (Å²) in [4.78, 5) is 10.9. The molecule has 0 aliphatic rings. The maximum atomic E-state index is 10.9. The summed E-state index contributed by atoms with van der Waals surface area (Å²) in [5.74, 6) is 0. The first kappa shape index (κ1) is 9.85. The number of rotatable bonds is 2. The Hall–Kier alpha value is -2.35. The number of furan rings is 1. The SMILES string of the molecule is O=Cc1cccc2cc(-c3ccoc3)ccc12. The van der Waals surface area contributed by atoms with Gasteiger partial charge in [0.1, 0.15) is 0 Å². The van der Waals surface area contributed by atoms with Gasteiger partial charge in [-0.1, -0.05) is 30.3 Å². The first-order valence-corrected chi connectivity index (χ1v) is 5.39. The van der Waals surface area contributed by atoms with Crippen LogP contribution in [0, 0.1) is 0 Å². The topological polar surface area (TPSA) is 30.2 Å². The molecule has 2 nitrogen and oxygen atoms in total. The fraction of sp³-hybridized carbons (Fsp3) is 0. The highest BCUT2D eigenvalue weighted by Gasteiger charge is 2.03. The molecule has 0 spiro atoms. The van der Waals surface area contributed by atoms with Gasteiger partial charge in [-0.25, -0.2) is 0 Å². The smallest absolute Gasteiger partial charge is 0.150 e. The fourth-order valence-electron chi connectivity index (χ4n) is 2.02. The van der Waals surface area contributed by atoms with Crippen LogP contribution < -0.4 is 0 Å². The van der Waals surface area contributed by atoms with Crippen molar-refractivity contribution in [2.45, 2.75) is 0 Å². The van der Waals surface area contributed by atoms with Gasteiger partial charge in [0.05, 0.1) is 12.5 Å². The molecule has 2 aromatic carbocycles. The van der Waals surface area contributed by atoms with Gasteiger partial charge in [-0.3, -0.25) is 4.79 Å². The van der Waals surface area contributed by atoms with Crippen LogP contribution in [0.4, 0.5) is 0 Å². The van der Waals surface area contributed by atoms with Gasteiger partial charge >= 0.3 is 0 Å². The van der Waals surface area contributed by atoms with E-state index in [9.17, 15) is 4.79 Å². The van der Waals surface area contributed by atoms with Gasteiger partial charge in [0.25, 0.3) is 0 Å². The summed E-state index contributed by atoms with van der Waals surface area (Å²) in [6.07, 6.45) is 4.26. The molecule has 0 fully saturated rings. The van der Waals surface area contributed by atoms with E-state index in [1.54, 1.807) is 12.5 Å². The Kier molecular flexibility index (Phi) is 2.26. The van der Waals surface area contributed by atoms with Crippen LogP contribution in [-0.2, 0) is 0 Å². The van der Waals surface area contributed by atoms with Crippen LogP contribution in [0.5, 0.6) is 0 Å². The van der Waals surface area contributed by atoms with E-state index >= 15 is 0 Å². The van der Waals surface area contributed by atoms with E-state index in [1.165, 1.54) is 0 Å². The summed E-state index contributed by atoms with van der Waals surface area (Å²) in [5, 5.41) is 2.04. The average molecular weight is 222 g/mol. The second-order valence-electron chi connectivity index (χ2n) is 3.91. The monoisotopic (exact) mass is 222 g/mol. The fourth-order valence-corrected chi connectivity index (χ4v) is 2.02. The Morgan fingerprint density at radius 1 is 1.00 bits per heavy atom. The van der Waals surface area contributed by atoms with Crippen LogP contribution in [0.15, 0.2) is 59.4 Å². The third-order valence-corrected chi connectivity index (χ3v) is 2.90. The lowest BCUT2D eigenvalue weighted by Crippen LogP contribution is -1.83. The van der Waals surface area contributed by atoms with Crippen LogP contribution in [-0.4, -0.2) is 6.29 Å². The first-order chi connectivity index (χ1) is 8.38. The van der Waals surface area contributed by atoms with Crippen LogP contribution in [0.1, 0.15) is 10.4 Å². The largest absolute Gasteiger partial charge is 0.472 e. The van der Waals surface area contributed by atoms with E-state index in [0.717, 1.165) is 33.7 Å². The predicted molar refractivity (Wildman–Crippen MR) is 67.0 cm³/mol. The van der Waals surface area contributed by atoms with Crippen LogP contribution >= 0.6 is 0 Å². The molecule has 0 amide bonds. The van der Waals surface area contributed by atoms with Gasteiger partial charge in [-0.2, -0.15) is 0 Å². The minimum absolute atomic E-state index is 0.723. The molecule has 3 aromatic rings. The standard InChI is InChI=1S/C15H10O2/c16-9-13-3-1-2-12-8-11(4-5-15(12)13)14-6-7-17-10-14/h1-10H. The molecule has 3 rings (SSSR count). The molecular formula is C15H10O2. The van der Waals surface area contributed by atoms with E-state index in [4.69, 9.17) is 4.42 Å². The summed E-state index contributed by atoms with van der Waals surface area (Å²) in [6, 6.07) is 13.7. The second kappa shape index (κ2) is 3.91. The van der Waals surface area contributed by atoms with Gasteiger partial charge in [0, 0.05) is 11.1 Å². The Morgan fingerprint density at radius 3 is 2.71 bits per heavy atom. The lowest BCUT2D eigenvalue weighted by atomic mass is 10.0. The molecule has 0 aliphatic carbocycles.